The second-order valence-electron chi connectivity index (χ2n) is 6.22. The lowest BCUT2D eigenvalue weighted by atomic mass is 10.1. The fraction of sp³-hybridized carbons (Fsp3) is 0.438. The summed E-state index contributed by atoms with van der Waals surface area (Å²) in [5.41, 5.74) is 0.602. The summed E-state index contributed by atoms with van der Waals surface area (Å²) in [5, 5.41) is 6.62. The van der Waals surface area contributed by atoms with E-state index in [1.807, 2.05) is 30.3 Å². The van der Waals surface area contributed by atoms with E-state index in [2.05, 4.69) is 10.2 Å². The number of sulfone groups is 1. The summed E-state index contributed by atoms with van der Waals surface area (Å²) in [7, 11) is -1.53. The zero-order valence-corrected chi connectivity index (χ0v) is 15.9. The van der Waals surface area contributed by atoms with Crippen molar-refractivity contribution in [2.24, 2.45) is 7.05 Å². The Kier molecular flexibility index (Phi) is 5.52. The maximum absolute atomic E-state index is 12.8. The molecule has 1 aromatic heterocycles. The van der Waals surface area contributed by atoms with Crippen LogP contribution < -0.4 is 5.69 Å². The largest absolute Gasteiger partial charge is 0.343 e. The number of rotatable bonds is 6. The first-order valence-corrected chi connectivity index (χ1v) is 10.9. The van der Waals surface area contributed by atoms with Crippen LogP contribution in [0.15, 0.2) is 40.3 Å². The van der Waals surface area contributed by atoms with Crippen molar-refractivity contribution in [2.75, 3.05) is 17.3 Å². The molecule has 0 saturated carbocycles. The van der Waals surface area contributed by atoms with Crippen LogP contribution in [0.25, 0.3) is 0 Å². The van der Waals surface area contributed by atoms with Crippen LogP contribution >= 0.6 is 11.8 Å². The fourth-order valence-corrected chi connectivity index (χ4v) is 5.43. The van der Waals surface area contributed by atoms with E-state index in [0.29, 0.717) is 18.1 Å². The molecule has 1 fully saturated rings. The van der Waals surface area contributed by atoms with Crippen molar-refractivity contribution in [1.29, 1.82) is 0 Å². The molecular formula is C16H20N4O4S2. The van der Waals surface area contributed by atoms with Crippen molar-refractivity contribution in [1.82, 2.24) is 19.7 Å². The Morgan fingerprint density at radius 3 is 2.69 bits per heavy atom. The minimum absolute atomic E-state index is 0.00285. The first-order valence-electron chi connectivity index (χ1n) is 8.14. The van der Waals surface area contributed by atoms with Crippen molar-refractivity contribution in [3.63, 3.8) is 0 Å². The Morgan fingerprint density at radius 1 is 1.38 bits per heavy atom. The summed E-state index contributed by atoms with van der Waals surface area (Å²) in [6, 6.07) is 9.16. The smallest absolute Gasteiger partial charge is 0.334 e. The lowest BCUT2D eigenvalue weighted by Crippen LogP contribution is -2.41. The number of hydrogen-bond acceptors (Lipinski definition) is 6. The van der Waals surface area contributed by atoms with Gasteiger partial charge in [-0.15, -0.1) is 5.10 Å². The van der Waals surface area contributed by atoms with E-state index in [-0.39, 0.29) is 34.9 Å². The van der Waals surface area contributed by atoms with Gasteiger partial charge in [0.1, 0.15) is 0 Å². The third-order valence-electron chi connectivity index (χ3n) is 4.33. The van der Waals surface area contributed by atoms with Crippen LogP contribution in [0.5, 0.6) is 0 Å². The van der Waals surface area contributed by atoms with Crippen LogP contribution in [0, 0.1) is 0 Å². The second kappa shape index (κ2) is 7.67. The molecule has 1 aromatic carbocycles. The highest BCUT2D eigenvalue weighted by molar-refractivity contribution is 7.99. The van der Waals surface area contributed by atoms with Crippen molar-refractivity contribution in [3.8, 4) is 0 Å². The predicted molar refractivity (Wildman–Crippen MR) is 98.6 cm³/mol. The van der Waals surface area contributed by atoms with Gasteiger partial charge in [0.15, 0.2) is 15.0 Å². The van der Waals surface area contributed by atoms with E-state index in [1.165, 1.54) is 4.57 Å². The molecule has 2 aromatic rings. The summed E-state index contributed by atoms with van der Waals surface area (Å²) in [6.07, 6.45) is 0.451. The fourth-order valence-electron chi connectivity index (χ4n) is 2.89. The molecule has 0 spiro atoms. The maximum Gasteiger partial charge on any atom is 0.343 e. The number of thioether (sulfide) groups is 1. The molecular weight excluding hydrogens is 376 g/mol. The molecule has 0 unspecified atom stereocenters. The van der Waals surface area contributed by atoms with E-state index in [0.717, 1.165) is 17.3 Å². The molecule has 1 aliphatic heterocycles. The number of hydrogen-bond donors (Lipinski definition) is 1. The molecule has 1 amide bonds. The molecule has 1 aliphatic rings. The highest BCUT2D eigenvalue weighted by atomic mass is 32.2. The monoisotopic (exact) mass is 396 g/mol. The van der Waals surface area contributed by atoms with Crippen molar-refractivity contribution >= 4 is 27.5 Å². The summed E-state index contributed by atoms with van der Waals surface area (Å²) >= 11 is 1.15. The minimum Gasteiger partial charge on any atom is -0.334 e. The highest BCUT2D eigenvalue weighted by Crippen LogP contribution is 2.22. The lowest BCUT2D eigenvalue weighted by Gasteiger charge is -2.28. The molecule has 3 rings (SSSR count). The number of amides is 1. The zero-order chi connectivity index (χ0) is 18.7. The topological polar surface area (TPSA) is 105 Å². The molecule has 0 radical (unpaired) electrons. The van der Waals surface area contributed by atoms with Gasteiger partial charge in [-0.3, -0.25) is 9.36 Å². The predicted octanol–water partition coefficient (Wildman–Crippen LogP) is 0.416. The van der Waals surface area contributed by atoms with Gasteiger partial charge < -0.3 is 4.90 Å². The molecule has 1 atom stereocenters. The molecule has 8 nitrogen and oxygen atoms in total. The third kappa shape index (κ3) is 4.36. The molecule has 10 heteroatoms. The summed E-state index contributed by atoms with van der Waals surface area (Å²) in [4.78, 5) is 25.9. The van der Waals surface area contributed by atoms with Gasteiger partial charge in [-0.2, -0.15) is 0 Å². The van der Waals surface area contributed by atoms with Gasteiger partial charge in [0.25, 0.3) is 0 Å². The standard InChI is InChI=1S/C16H20N4O4S2/c1-19-15(22)17-18-16(19)25-10-14(21)20(9-12-5-3-2-4-6-12)13-7-8-26(23,24)11-13/h2-6,13H,7-11H2,1H3,(H,17,22)/t13-/m0/s1. The Bertz CT molecular complexity index is 937. The van der Waals surface area contributed by atoms with Crippen LogP contribution in [-0.2, 0) is 28.2 Å². The van der Waals surface area contributed by atoms with Crippen LogP contribution in [-0.4, -0.2) is 57.3 Å². The quantitative estimate of drug-likeness (QED) is 0.710. The van der Waals surface area contributed by atoms with Gasteiger partial charge in [0, 0.05) is 19.6 Å². The van der Waals surface area contributed by atoms with Crippen molar-refractivity contribution in [2.45, 2.75) is 24.2 Å². The van der Waals surface area contributed by atoms with E-state index in [9.17, 15) is 18.0 Å². The summed E-state index contributed by atoms with van der Waals surface area (Å²) < 4.78 is 25.0. The number of nitrogens with zero attached hydrogens (tertiary/aromatic N) is 3. The number of carbonyl (C=O) groups is 1. The molecule has 26 heavy (non-hydrogen) atoms. The zero-order valence-electron chi connectivity index (χ0n) is 14.3. The van der Waals surface area contributed by atoms with E-state index in [4.69, 9.17) is 0 Å². The van der Waals surface area contributed by atoms with E-state index < -0.39 is 9.84 Å². The summed E-state index contributed by atoms with van der Waals surface area (Å²) in [5.74, 6) is 0.0204. The van der Waals surface area contributed by atoms with Gasteiger partial charge >= 0.3 is 5.69 Å². The lowest BCUT2D eigenvalue weighted by molar-refractivity contribution is -0.130. The number of aromatic amines is 1. The number of benzene rings is 1. The Balaban J connectivity index is 1.74. The van der Waals surface area contributed by atoms with Crippen LogP contribution in [0.4, 0.5) is 0 Å². The molecule has 2 heterocycles. The Labute approximate surface area is 155 Å². The Morgan fingerprint density at radius 2 is 2.12 bits per heavy atom. The SMILES string of the molecule is Cn1c(SCC(=O)N(Cc2ccccc2)[C@H]2CCS(=O)(=O)C2)n[nH]c1=O. The van der Waals surface area contributed by atoms with Crippen LogP contribution in [0.1, 0.15) is 12.0 Å². The van der Waals surface area contributed by atoms with Gasteiger partial charge in [0.05, 0.1) is 17.3 Å². The molecule has 0 bridgehead atoms. The molecule has 1 saturated heterocycles. The van der Waals surface area contributed by atoms with Crippen LogP contribution in [0.3, 0.4) is 0 Å². The number of aromatic nitrogens is 3. The molecule has 140 valence electrons. The van der Waals surface area contributed by atoms with Gasteiger partial charge in [0.2, 0.25) is 5.91 Å². The first kappa shape index (κ1) is 18.7. The second-order valence-corrected chi connectivity index (χ2v) is 9.39. The first-order chi connectivity index (χ1) is 12.4. The number of nitrogens with one attached hydrogen (secondary N) is 1. The number of carbonyl (C=O) groups excluding carboxylic acids is 1. The summed E-state index contributed by atoms with van der Waals surface area (Å²) in [6.45, 7) is 0.361. The van der Waals surface area contributed by atoms with Crippen LogP contribution in [0.2, 0.25) is 0 Å². The molecule has 0 aliphatic carbocycles. The molecule has 1 N–H and O–H groups in total. The number of H-pyrrole nitrogens is 1. The third-order valence-corrected chi connectivity index (χ3v) is 7.09. The highest BCUT2D eigenvalue weighted by Gasteiger charge is 2.34. The van der Waals surface area contributed by atoms with Crippen molar-refractivity contribution in [3.05, 3.63) is 46.4 Å². The van der Waals surface area contributed by atoms with Gasteiger partial charge in [-0.1, -0.05) is 42.1 Å². The maximum atomic E-state index is 12.8. The van der Waals surface area contributed by atoms with Gasteiger partial charge in [-0.25, -0.2) is 18.3 Å². The average Bonchev–Trinajstić information content (AvgIpc) is 3.14. The minimum atomic E-state index is -3.10. The van der Waals surface area contributed by atoms with E-state index >= 15 is 0 Å². The van der Waals surface area contributed by atoms with E-state index in [1.54, 1.807) is 11.9 Å². The normalized spacial score (nSPS) is 18.7. The Hall–Kier alpha value is -2.07. The van der Waals surface area contributed by atoms with Gasteiger partial charge in [-0.05, 0) is 12.0 Å². The average molecular weight is 396 g/mol. The van der Waals surface area contributed by atoms with Crippen molar-refractivity contribution < 1.29 is 13.2 Å².